The number of nitrogens with zero attached hydrogens (tertiary/aromatic N) is 3. The molecule has 0 radical (unpaired) electrons. The number of halogens is 2. The molecular formula is C22H32FIN6O. The zero-order valence-corrected chi connectivity index (χ0v) is 20.3. The van der Waals surface area contributed by atoms with E-state index in [-0.39, 0.29) is 35.7 Å². The van der Waals surface area contributed by atoms with E-state index in [0.29, 0.717) is 19.1 Å². The minimum atomic E-state index is -0.219. The highest BCUT2D eigenvalue weighted by molar-refractivity contribution is 14.0. The molecule has 3 N–H and O–H groups in total. The Bertz CT molecular complexity index is 905. The molecule has 7 nitrogen and oxygen atoms in total. The molecule has 2 aliphatic rings. The molecule has 1 aliphatic carbocycles. The van der Waals surface area contributed by atoms with Crippen LogP contribution in [0.5, 0.6) is 0 Å². The van der Waals surface area contributed by atoms with E-state index in [1.165, 1.54) is 6.07 Å². The molecule has 170 valence electrons. The van der Waals surface area contributed by atoms with E-state index in [0.717, 1.165) is 74.4 Å². The Kier molecular flexibility index (Phi) is 8.53. The van der Waals surface area contributed by atoms with Crippen LogP contribution >= 0.6 is 24.0 Å². The van der Waals surface area contributed by atoms with E-state index in [1.54, 1.807) is 12.1 Å². The fourth-order valence-corrected chi connectivity index (χ4v) is 3.89. The first-order chi connectivity index (χ1) is 14.6. The molecule has 1 saturated carbocycles. The SMILES string of the molecule is CCNC(=NCCc1c[nH]c2ccc(F)cc12)N1CCN(CC(=O)NC2CC2)CC1.I. The molecule has 4 rings (SSSR count). The van der Waals surface area contributed by atoms with Crippen LogP contribution < -0.4 is 10.6 Å². The number of benzene rings is 1. The summed E-state index contributed by atoms with van der Waals surface area (Å²) in [5, 5.41) is 7.36. The molecule has 1 aliphatic heterocycles. The van der Waals surface area contributed by atoms with Crippen molar-refractivity contribution >= 4 is 46.7 Å². The summed E-state index contributed by atoms with van der Waals surface area (Å²) < 4.78 is 13.6. The van der Waals surface area contributed by atoms with Crippen molar-refractivity contribution in [3.8, 4) is 0 Å². The third-order valence-electron chi connectivity index (χ3n) is 5.69. The van der Waals surface area contributed by atoms with Gasteiger partial charge in [-0.05, 0) is 49.9 Å². The van der Waals surface area contributed by atoms with Gasteiger partial charge in [0.25, 0.3) is 0 Å². The van der Waals surface area contributed by atoms with Crippen LogP contribution in [0.25, 0.3) is 10.9 Å². The van der Waals surface area contributed by atoms with E-state index in [9.17, 15) is 9.18 Å². The molecule has 0 atom stereocenters. The van der Waals surface area contributed by atoms with E-state index in [1.807, 2.05) is 6.20 Å². The van der Waals surface area contributed by atoms with Gasteiger partial charge in [-0.25, -0.2) is 4.39 Å². The standard InChI is InChI=1S/C22H31FN6O.HI/c1-2-24-22(25-8-7-16-14-26-20-6-3-17(23)13-19(16)20)29-11-9-28(10-12-29)15-21(30)27-18-4-5-18;/h3,6,13-14,18,26H,2,4-5,7-12,15H2,1H3,(H,24,25)(H,27,30);1H. The van der Waals surface area contributed by atoms with Gasteiger partial charge in [-0.15, -0.1) is 24.0 Å². The van der Waals surface area contributed by atoms with Crippen LogP contribution in [0.15, 0.2) is 29.4 Å². The zero-order chi connectivity index (χ0) is 20.9. The van der Waals surface area contributed by atoms with Crippen LogP contribution in [0.4, 0.5) is 4.39 Å². The third-order valence-corrected chi connectivity index (χ3v) is 5.69. The van der Waals surface area contributed by atoms with Gasteiger partial charge in [-0.1, -0.05) is 0 Å². The van der Waals surface area contributed by atoms with Crippen molar-refractivity contribution in [2.75, 3.05) is 45.8 Å². The first kappa shape index (κ1) is 23.8. The molecule has 2 heterocycles. The summed E-state index contributed by atoms with van der Waals surface area (Å²) in [7, 11) is 0. The first-order valence-electron chi connectivity index (χ1n) is 10.9. The highest BCUT2D eigenvalue weighted by Gasteiger charge is 2.25. The van der Waals surface area contributed by atoms with Gasteiger partial charge in [0.05, 0.1) is 6.54 Å². The molecule has 1 saturated heterocycles. The number of aliphatic imine (C=N–C) groups is 1. The maximum atomic E-state index is 13.6. The number of aromatic nitrogens is 1. The van der Waals surface area contributed by atoms with Gasteiger partial charge in [0.15, 0.2) is 5.96 Å². The Morgan fingerprint density at radius 3 is 2.74 bits per heavy atom. The van der Waals surface area contributed by atoms with E-state index in [2.05, 4.69) is 32.3 Å². The van der Waals surface area contributed by atoms with Gasteiger partial charge < -0.3 is 20.5 Å². The minimum absolute atomic E-state index is 0. The number of H-pyrrole nitrogens is 1. The van der Waals surface area contributed by atoms with Crippen molar-refractivity contribution in [1.29, 1.82) is 0 Å². The number of piperazine rings is 1. The highest BCUT2D eigenvalue weighted by Crippen LogP contribution is 2.20. The van der Waals surface area contributed by atoms with E-state index < -0.39 is 0 Å². The third kappa shape index (κ3) is 6.55. The van der Waals surface area contributed by atoms with Crippen LogP contribution in [-0.4, -0.2) is 78.5 Å². The molecule has 0 spiro atoms. The number of carbonyl (C=O) groups is 1. The van der Waals surface area contributed by atoms with Gasteiger partial charge in [-0.2, -0.15) is 0 Å². The van der Waals surface area contributed by atoms with Crippen LogP contribution in [0.1, 0.15) is 25.3 Å². The molecule has 1 aromatic heterocycles. The summed E-state index contributed by atoms with van der Waals surface area (Å²) in [4.78, 5) is 24.5. The Morgan fingerprint density at radius 1 is 1.26 bits per heavy atom. The number of amides is 1. The van der Waals surface area contributed by atoms with Gasteiger partial charge in [0, 0.05) is 62.4 Å². The van der Waals surface area contributed by atoms with Crippen LogP contribution in [0.2, 0.25) is 0 Å². The maximum absolute atomic E-state index is 13.6. The smallest absolute Gasteiger partial charge is 0.234 e. The molecule has 9 heteroatoms. The quantitative estimate of drug-likeness (QED) is 0.285. The lowest BCUT2D eigenvalue weighted by Crippen LogP contribution is -2.54. The number of aromatic amines is 1. The fraction of sp³-hybridized carbons (Fsp3) is 0.545. The average molecular weight is 542 g/mol. The highest BCUT2D eigenvalue weighted by atomic mass is 127. The van der Waals surface area contributed by atoms with Crippen LogP contribution in [0.3, 0.4) is 0 Å². The molecule has 31 heavy (non-hydrogen) atoms. The van der Waals surface area contributed by atoms with Crippen LogP contribution in [-0.2, 0) is 11.2 Å². The average Bonchev–Trinajstić information content (AvgIpc) is 3.46. The summed E-state index contributed by atoms with van der Waals surface area (Å²) in [6.07, 6.45) is 4.93. The second-order valence-electron chi connectivity index (χ2n) is 8.09. The number of nitrogens with one attached hydrogen (secondary N) is 3. The monoisotopic (exact) mass is 542 g/mol. The molecule has 0 unspecified atom stereocenters. The first-order valence-corrected chi connectivity index (χ1v) is 10.9. The van der Waals surface area contributed by atoms with Crippen molar-refractivity contribution in [2.24, 2.45) is 4.99 Å². The number of hydrogen-bond acceptors (Lipinski definition) is 3. The lowest BCUT2D eigenvalue weighted by molar-refractivity contribution is -0.122. The summed E-state index contributed by atoms with van der Waals surface area (Å²) >= 11 is 0. The summed E-state index contributed by atoms with van der Waals surface area (Å²) in [6, 6.07) is 5.24. The summed E-state index contributed by atoms with van der Waals surface area (Å²) in [6.45, 7) is 7.39. The van der Waals surface area contributed by atoms with E-state index >= 15 is 0 Å². The number of carbonyl (C=O) groups excluding carboxylic acids is 1. The lowest BCUT2D eigenvalue weighted by atomic mass is 10.1. The Morgan fingerprint density at radius 2 is 2.03 bits per heavy atom. The second-order valence-corrected chi connectivity index (χ2v) is 8.09. The lowest BCUT2D eigenvalue weighted by Gasteiger charge is -2.36. The fourth-order valence-electron chi connectivity index (χ4n) is 3.89. The summed E-state index contributed by atoms with van der Waals surface area (Å²) in [5.74, 6) is 0.830. The van der Waals surface area contributed by atoms with Crippen molar-refractivity contribution in [3.63, 3.8) is 0 Å². The minimum Gasteiger partial charge on any atom is -0.361 e. The predicted octanol–water partition coefficient (Wildman–Crippen LogP) is 2.33. The topological polar surface area (TPSA) is 75.8 Å². The molecular weight excluding hydrogens is 510 g/mol. The summed E-state index contributed by atoms with van der Waals surface area (Å²) in [5.41, 5.74) is 2.03. The Hall–Kier alpha value is -1.88. The van der Waals surface area contributed by atoms with E-state index in [4.69, 9.17) is 4.99 Å². The molecule has 1 amide bonds. The van der Waals surface area contributed by atoms with Crippen LogP contribution in [0, 0.1) is 5.82 Å². The molecule has 1 aromatic carbocycles. The molecule has 2 fully saturated rings. The second kappa shape index (κ2) is 11.1. The molecule has 2 aromatic rings. The maximum Gasteiger partial charge on any atom is 0.234 e. The van der Waals surface area contributed by atoms with Crippen molar-refractivity contribution in [2.45, 2.75) is 32.2 Å². The number of fused-ring (bicyclic) bond motifs is 1. The van der Waals surface area contributed by atoms with Gasteiger partial charge in [0.1, 0.15) is 5.82 Å². The number of guanidine groups is 1. The van der Waals surface area contributed by atoms with Gasteiger partial charge in [-0.3, -0.25) is 14.7 Å². The van der Waals surface area contributed by atoms with Crippen molar-refractivity contribution in [1.82, 2.24) is 25.4 Å². The Labute approximate surface area is 199 Å². The largest absolute Gasteiger partial charge is 0.361 e. The van der Waals surface area contributed by atoms with Gasteiger partial charge >= 0.3 is 0 Å². The van der Waals surface area contributed by atoms with Crippen molar-refractivity contribution < 1.29 is 9.18 Å². The zero-order valence-electron chi connectivity index (χ0n) is 18.0. The normalized spacial score (nSPS) is 17.5. The number of hydrogen-bond donors (Lipinski definition) is 3. The molecule has 0 bridgehead atoms. The van der Waals surface area contributed by atoms with Crippen molar-refractivity contribution in [3.05, 3.63) is 35.8 Å². The Balaban J connectivity index is 0.00000272. The van der Waals surface area contributed by atoms with Gasteiger partial charge in [0.2, 0.25) is 5.91 Å². The number of rotatable bonds is 7. The predicted molar refractivity (Wildman–Crippen MR) is 133 cm³/mol.